The lowest BCUT2D eigenvalue weighted by molar-refractivity contribution is 0.213. The molecule has 224 valence electrons. The van der Waals surface area contributed by atoms with Crippen LogP contribution in [0, 0.1) is 23.2 Å². The minimum Gasteiger partial charge on any atom is -0.106 e. The van der Waals surface area contributed by atoms with Crippen LogP contribution in [0.15, 0.2) is 184 Å². The zero-order valence-electron chi connectivity index (χ0n) is 26.2. The summed E-state index contributed by atoms with van der Waals surface area (Å²) in [5.74, 6) is 2.52. The van der Waals surface area contributed by atoms with E-state index in [4.69, 9.17) is 0 Å². The van der Waals surface area contributed by atoms with Crippen molar-refractivity contribution >= 4 is 0 Å². The Labute approximate surface area is 266 Å². The van der Waals surface area contributed by atoms with Crippen LogP contribution in [0.2, 0.25) is 0 Å². The molecule has 0 amide bonds. The Bertz CT molecular complexity index is 1390. The molecule has 4 aromatic rings. The van der Waals surface area contributed by atoms with Crippen molar-refractivity contribution in [3.05, 3.63) is 206 Å². The van der Waals surface area contributed by atoms with E-state index in [2.05, 4.69) is 179 Å². The molecule has 0 heterocycles. The van der Waals surface area contributed by atoms with E-state index in [0.717, 1.165) is 12.3 Å². The van der Waals surface area contributed by atoms with E-state index in [1.165, 1.54) is 53.5 Å². The van der Waals surface area contributed by atoms with Crippen LogP contribution in [0.1, 0.15) is 53.9 Å². The zero-order chi connectivity index (χ0) is 31.2. The number of hydrogen-bond donors (Lipinski definition) is 0. The number of benzene rings is 4. The van der Waals surface area contributed by atoms with Crippen LogP contribution in [-0.4, -0.2) is 0 Å². The zero-order valence-corrected chi connectivity index (χ0v) is 26.2. The summed E-state index contributed by atoms with van der Waals surface area (Å²) in [6, 6.07) is 43.4. The highest BCUT2D eigenvalue weighted by Gasteiger charge is 2.52. The molecule has 0 spiro atoms. The Morgan fingerprint density at radius 2 is 1.14 bits per heavy atom. The summed E-state index contributed by atoms with van der Waals surface area (Å²) in [7, 11) is 0. The van der Waals surface area contributed by atoms with Crippen molar-refractivity contribution in [1.82, 2.24) is 0 Å². The first-order valence-electron chi connectivity index (χ1n) is 15.9. The third-order valence-corrected chi connectivity index (χ3v) is 9.37. The maximum absolute atomic E-state index is 4.18. The fraction of sp³-hybridized carbons (Fsp3) is 0.227. The molecule has 0 saturated heterocycles. The molecule has 1 saturated carbocycles. The van der Waals surface area contributed by atoms with Gasteiger partial charge in [-0.1, -0.05) is 152 Å². The number of fused-ring (bicyclic) bond motifs is 5. The van der Waals surface area contributed by atoms with Crippen LogP contribution in [0.4, 0.5) is 0 Å². The quantitative estimate of drug-likeness (QED) is 0.200. The molecule has 7 rings (SSSR count). The lowest BCUT2D eigenvalue weighted by Crippen LogP contribution is -2.34. The van der Waals surface area contributed by atoms with Crippen molar-refractivity contribution in [1.29, 1.82) is 0 Å². The standard InChI is InChI=1S/C27H28.C13H12.2C2H4/c1-2-21-18-27(19-24(21)16-20-10-9-15-25(27)17-20)26(22-11-5-3-6-12-22)23-13-7-4-8-14-23;1-3-7-12(8-4-1)11-13-9-5-2-6-10-13;2*1-2/h2-9,11-15,18,20,24-26H,1,10,16-17,19H2;1-10H,11H2;2*1-2H2/t20?,24?,25?,27-;;;/m0.../s1. The predicted molar refractivity (Wildman–Crippen MR) is 192 cm³/mol. The monoisotopic (exact) mass is 576 g/mol. The number of rotatable bonds is 6. The summed E-state index contributed by atoms with van der Waals surface area (Å²) in [4.78, 5) is 0. The molecular weight excluding hydrogens is 528 g/mol. The van der Waals surface area contributed by atoms with Crippen molar-refractivity contribution in [3.63, 3.8) is 0 Å². The fourth-order valence-corrected chi connectivity index (χ4v) is 7.64. The van der Waals surface area contributed by atoms with Crippen LogP contribution in [-0.2, 0) is 6.42 Å². The van der Waals surface area contributed by atoms with Gasteiger partial charge in [-0.25, -0.2) is 0 Å². The first kappa shape index (κ1) is 32.5. The summed E-state index contributed by atoms with van der Waals surface area (Å²) in [6.45, 7) is 16.2. The molecule has 0 aromatic heterocycles. The summed E-state index contributed by atoms with van der Waals surface area (Å²) < 4.78 is 0. The molecule has 4 atom stereocenters. The Morgan fingerprint density at radius 3 is 1.61 bits per heavy atom. The molecule has 1 fully saturated rings. The van der Waals surface area contributed by atoms with Crippen molar-refractivity contribution in [2.24, 2.45) is 23.2 Å². The van der Waals surface area contributed by atoms with E-state index in [1.54, 1.807) is 0 Å². The van der Waals surface area contributed by atoms with Gasteiger partial charge < -0.3 is 0 Å². The van der Waals surface area contributed by atoms with Gasteiger partial charge in [0.15, 0.2) is 0 Å². The highest BCUT2D eigenvalue weighted by molar-refractivity contribution is 5.44. The summed E-state index contributed by atoms with van der Waals surface area (Å²) >= 11 is 0. The minimum atomic E-state index is 0.155. The molecule has 0 aliphatic heterocycles. The van der Waals surface area contributed by atoms with Crippen LogP contribution < -0.4 is 0 Å². The van der Waals surface area contributed by atoms with Crippen molar-refractivity contribution < 1.29 is 0 Å². The second kappa shape index (κ2) is 16.4. The lowest BCUT2D eigenvalue weighted by atomic mass is 9.59. The maximum atomic E-state index is 4.18. The Morgan fingerprint density at radius 1 is 0.659 bits per heavy atom. The average Bonchev–Trinajstić information content (AvgIpc) is 3.43. The highest BCUT2D eigenvalue weighted by Crippen LogP contribution is 2.62. The first-order valence-corrected chi connectivity index (χ1v) is 15.9. The number of allylic oxidation sites excluding steroid dienone is 5. The van der Waals surface area contributed by atoms with Crippen LogP contribution >= 0.6 is 0 Å². The van der Waals surface area contributed by atoms with E-state index < -0.39 is 0 Å². The van der Waals surface area contributed by atoms with Gasteiger partial charge in [-0.15, -0.1) is 26.3 Å². The Hall–Kier alpha value is -4.42. The molecule has 0 N–H and O–H groups in total. The van der Waals surface area contributed by atoms with Crippen molar-refractivity contribution in [2.45, 2.75) is 38.0 Å². The molecule has 3 aliphatic rings. The fourth-order valence-electron chi connectivity index (χ4n) is 7.64. The van der Waals surface area contributed by atoms with Gasteiger partial charge in [0.2, 0.25) is 0 Å². The van der Waals surface area contributed by atoms with Gasteiger partial charge in [0.05, 0.1) is 0 Å². The van der Waals surface area contributed by atoms with Gasteiger partial charge in [0, 0.05) is 11.3 Å². The predicted octanol–water partition coefficient (Wildman–Crippen LogP) is 11.8. The largest absolute Gasteiger partial charge is 0.106 e. The topological polar surface area (TPSA) is 0 Å². The summed E-state index contributed by atoms with van der Waals surface area (Å²) in [6.07, 6.45) is 16.0. The minimum absolute atomic E-state index is 0.155. The summed E-state index contributed by atoms with van der Waals surface area (Å²) in [5.41, 5.74) is 7.28. The van der Waals surface area contributed by atoms with Gasteiger partial charge in [0.25, 0.3) is 0 Å². The van der Waals surface area contributed by atoms with E-state index in [9.17, 15) is 0 Å². The van der Waals surface area contributed by atoms with E-state index in [1.807, 2.05) is 0 Å². The van der Waals surface area contributed by atoms with E-state index in [-0.39, 0.29) is 5.41 Å². The Kier molecular flexibility index (Phi) is 12.1. The SMILES string of the molecule is C=C.C=C.C=CC1=C[C@]2(C(c3ccccc3)c3ccccc3)CC1CC1CC=CC2C1.c1ccc(Cc2ccccc2)cc1. The Balaban J connectivity index is 0.000000218. The molecule has 4 bridgehead atoms. The third-order valence-electron chi connectivity index (χ3n) is 9.37. The molecule has 44 heavy (non-hydrogen) atoms. The van der Waals surface area contributed by atoms with Crippen LogP contribution in [0.3, 0.4) is 0 Å². The average molecular weight is 577 g/mol. The first-order chi connectivity index (χ1) is 21.7. The summed E-state index contributed by atoms with van der Waals surface area (Å²) in [5, 5.41) is 0. The second-order valence-electron chi connectivity index (χ2n) is 11.9. The maximum Gasteiger partial charge on any atom is 0.0186 e. The van der Waals surface area contributed by atoms with Gasteiger partial charge in [-0.3, -0.25) is 0 Å². The lowest BCUT2D eigenvalue weighted by Gasteiger charge is -2.43. The van der Waals surface area contributed by atoms with Gasteiger partial charge in [0.1, 0.15) is 0 Å². The second-order valence-corrected chi connectivity index (χ2v) is 11.9. The van der Waals surface area contributed by atoms with Crippen molar-refractivity contribution in [2.75, 3.05) is 0 Å². The smallest absolute Gasteiger partial charge is 0.0186 e. The molecule has 3 aliphatic carbocycles. The molecule has 3 unspecified atom stereocenters. The molecule has 4 aromatic carbocycles. The van der Waals surface area contributed by atoms with Crippen molar-refractivity contribution in [3.8, 4) is 0 Å². The molecule has 0 nitrogen and oxygen atoms in total. The van der Waals surface area contributed by atoms with Crippen LogP contribution in [0.5, 0.6) is 0 Å². The van der Waals surface area contributed by atoms with Crippen LogP contribution in [0.25, 0.3) is 0 Å². The number of hydrogen-bond acceptors (Lipinski definition) is 0. The third kappa shape index (κ3) is 7.56. The van der Waals surface area contributed by atoms with Gasteiger partial charge in [-0.05, 0) is 77.7 Å². The van der Waals surface area contributed by atoms with Gasteiger partial charge in [-0.2, -0.15) is 0 Å². The molecule has 0 heteroatoms. The van der Waals surface area contributed by atoms with Gasteiger partial charge >= 0.3 is 0 Å². The normalized spacial score (nSPS) is 22.4. The molecule has 0 radical (unpaired) electrons. The van der Waals surface area contributed by atoms with E-state index >= 15 is 0 Å². The highest BCUT2D eigenvalue weighted by atomic mass is 14.6. The van der Waals surface area contributed by atoms with E-state index in [0.29, 0.717) is 17.8 Å². The molecular formula is C44H48.